The molecule has 0 unspecified atom stereocenters. The average molecular weight is 350 g/mol. The Balaban J connectivity index is 2.56. The first-order valence-electron chi connectivity index (χ1n) is 6.91. The fraction of sp³-hybridized carbons (Fsp3) is 0.571. The van der Waals surface area contributed by atoms with Crippen LogP contribution in [0.5, 0.6) is 0 Å². The summed E-state index contributed by atoms with van der Waals surface area (Å²) in [5.74, 6) is 0. The van der Waals surface area contributed by atoms with Crippen molar-refractivity contribution in [1.29, 1.82) is 0 Å². The van der Waals surface area contributed by atoms with Gasteiger partial charge in [0.25, 0.3) is 0 Å². The molecule has 1 heterocycles. The van der Waals surface area contributed by atoms with Gasteiger partial charge >= 0.3 is 13.3 Å². The number of hydrogen-bond donors (Lipinski definition) is 0. The lowest BCUT2D eigenvalue weighted by Crippen LogP contribution is -2.41. The minimum absolute atomic E-state index is 0.0268. The quantitative estimate of drug-likeness (QED) is 0.769. The molecule has 0 bridgehead atoms. The van der Waals surface area contributed by atoms with Crippen LogP contribution in [0.15, 0.2) is 23.1 Å². The Labute approximate surface area is 134 Å². The number of rotatable bonds is 2. The highest BCUT2D eigenvalue weighted by Crippen LogP contribution is 2.37. The lowest BCUT2D eigenvalue weighted by Gasteiger charge is -2.32. The van der Waals surface area contributed by atoms with Crippen LogP contribution in [0.3, 0.4) is 0 Å². The van der Waals surface area contributed by atoms with Crippen molar-refractivity contribution in [2.24, 2.45) is 0 Å². The molecule has 1 aromatic carbocycles. The van der Waals surface area contributed by atoms with Crippen LogP contribution < -0.4 is 5.46 Å². The first-order valence-corrected chi connectivity index (χ1v) is 8.80. The van der Waals surface area contributed by atoms with Crippen molar-refractivity contribution in [3.63, 3.8) is 0 Å². The van der Waals surface area contributed by atoms with Crippen LogP contribution in [0.4, 0.5) is 13.2 Å². The van der Waals surface area contributed by atoms with Crippen molar-refractivity contribution in [1.82, 2.24) is 0 Å². The van der Waals surface area contributed by atoms with E-state index in [4.69, 9.17) is 9.31 Å². The molecule has 1 aliphatic rings. The van der Waals surface area contributed by atoms with Crippen molar-refractivity contribution >= 4 is 22.4 Å². The van der Waals surface area contributed by atoms with Crippen LogP contribution in [0.2, 0.25) is 0 Å². The van der Waals surface area contributed by atoms with Gasteiger partial charge in [-0.3, -0.25) is 0 Å². The summed E-state index contributed by atoms with van der Waals surface area (Å²) < 4.78 is 73.9. The summed E-state index contributed by atoms with van der Waals surface area (Å²) in [5.41, 5.74) is -2.50. The Morgan fingerprint density at radius 1 is 1.00 bits per heavy atom. The Bertz CT molecular complexity index is 710. The molecule has 0 amide bonds. The second-order valence-corrected chi connectivity index (χ2v) is 8.66. The molecule has 23 heavy (non-hydrogen) atoms. The van der Waals surface area contributed by atoms with Gasteiger partial charge in [0.05, 0.1) is 21.7 Å². The Kier molecular flexibility index (Phi) is 4.15. The van der Waals surface area contributed by atoms with Gasteiger partial charge in [0.1, 0.15) is 0 Å². The van der Waals surface area contributed by atoms with Gasteiger partial charge < -0.3 is 9.31 Å². The third kappa shape index (κ3) is 3.56. The maximum absolute atomic E-state index is 13.1. The second-order valence-electron chi connectivity index (χ2n) is 6.65. The summed E-state index contributed by atoms with van der Waals surface area (Å²) in [6.07, 6.45) is -3.81. The fourth-order valence-electron chi connectivity index (χ4n) is 2.12. The summed E-state index contributed by atoms with van der Waals surface area (Å²) in [6.45, 7) is 7.05. The van der Waals surface area contributed by atoms with Crippen LogP contribution in [0.25, 0.3) is 0 Å². The Morgan fingerprint density at radius 2 is 1.48 bits per heavy atom. The normalized spacial score (nSPS) is 20.8. The number of hydrogen-bond acceptors (Lipinski definition) is 4. The first kappa shape index (κ1) is 18.3. The van der Waals surface area contributed by atoms with Crippen LogP contribution >= 0.6 is 0 Å². The van der Waals surface area contributed by atoms with E-state index < -0.39 is 44.8 Å². The van der Waals surface area contributed by atoms with Crippen LogP contribution in [-0.2, 0) is 25.3 Å². The zero-order valence-corrected chi connectivity index (χ0v) is 14.3. The van der Waals surface area contributed by atoms with Crippen LogP contribution in [0.1, 0.15) is 33.3 Å². The Hall–Kier alpha value is -1.06. The van der Waals surface area contributed by atoms with E-state index in [1.807, 2.05) is 0 Å². The van der Waals surface area contributed by atoms with E-state index in [0.29, 0.717) is 6.07 Å². The SMILES string of the molecule is CC1(C)OB(c2cc(C(F)(F)F)cc(S(C)(=O)=O)c2)OC1(C)C. The summed E-state index contributed by atoms with van der Waals surface area (Å²) in [6, 6.07) is 2.63. The van der Waals surface area contributed by atoms with E-state index in [1.165, 1.54) is 0 Å². The number of halogens is 3. The minimum Gasteiger partial charge on any atom is -0.399 e. The van der Waals surface area contributed by atoms with Crippen LogP contribution in [-0.4, -0.2) is 33.0 Å². The molecule has 128 valence electrons. The highest BCUT2D eigenvalue weighted by Gasteiger charge is 2.52. The summed E-state index contributed by atoms with van der Waals surface area (Å²) >= 11 is 0. The molecule has 0 aromatic heterocycles. The van der Waals surface area contributed by atoms with Crippen molar-refractivity contribution < 1.29 is 30.9 Å². The molecule has 9 heteroatoms. The first-order chi connectivity index (χ1) is 10.1. The molecular weight excluding hydrogens is 332 g/mol. The highest BCUT2D eigenvalue weighted by atomic mass is 32.2. The maximum Gasteiger partial charge on any atom is 0.494 e. The fourth-order valence-corrected chi connectivity index (χ4v) is 2.81. The maximum atomic E-state index is 13.1. The monoisotopic (exact) mass is 350 g/mol. The van der Waals surface area contributed by atoms with E-state index in [2.05, 4.69) is 0 Å². The van der Waals surface area contributed by atoms with Gasteiger partial charge in [-0.15, -0.1) is 0 Å². The minimum atomic E-state index is -4.67. The molecule has 1 aliphatic heterocycles. The molecular formula is C14H18BF3O4S. The van der Waals surface area contributed by atoms with Gasteiger partial charge in [-0.2, -0.15) is 13.2 Å². The Morgan fingerprint density at radius 3 is 1.87 bits per heavy atom. The number of alkyl halides is 3. The van der Waals surface area contributed by atoms with E-state index in [-0.39, 0.29) is 5.46 Å². The van der Waals surface area contributed by atoms with Gasteiger partial charge in [0, 0.05) is 6.26 Å². The standard InChI is InChI=1S/C14H18BF3O4S/c1-12(2)13(3,4)22-15(21-12)10-6-9(14(16,17)18)7-11(8-10)23(5,19)20/h6-8H,1-5H3. The molecule has 0 spiro atoms. The van der Waals surface area contributed by atoms with Gasteiger partial charge in [0.15, 0.2) is 9.84 Å². The third-order valence-electron chi connectivity index (χ3n) is 4.21. The summed E-state index contributed by atoms with van der Waals surface area (Å²) in [7, 11) is -4.87. The van der Waals surface area contributed by atoms with E-state index >= 15 is 0 Å². The largest absolute Gasteiger partial charge is 0.494 e. The zero-order chi connectivity index (χ0) is 17.8. The number of benzene rings is 1. The molecule has 0 atom stereocenters. The van der Waals surface area contributed by atoms with Gasteiger partial charge in [-0.1, -0.05) is 6.07 Å². The number of sulfone groups is 1. The highest BCUT2D eigenvalue weighted by molar-refractivity contribution is 7.90. The smallest absolute Gasteiger partial charge is 0.399 e. The molecule has 0 saturated carbocycles. The molecule has 4 nitrogen and oxygen atoms in total. The average Bonchev–Trinajstić information content (AvgIpc) is 2.56. The van der Waals surface area contributed by atoms with E-state index in [9.17, 15) is 21.6 Å². The molecule has 0 radical (unpaired) electrons. The third-order valence-corrected chi connectivity index (χ3v) is 5.30. The van der Waals surface area contributed by atoms with Crippen molar-refractivity contribution in [3.05, 3.63) is 23.8 Å². The van der Waals surface area contributed by atoms with Gasteiger partial charge in [-0.25, -0.2) is 8.42 Å². The van der Waals surface area contributed by atoms with E-state index in [0.717, 1.165) is 18.4 Å². The van der Waals surface area contributed by atoms with Crippen molar-refractivity contribution in [2.75, 3.05) is 6.26 Å². The lowest BCUT2D eigenvalue weighted by molar-refractivity contribution is -0.137. The predicted octanol–water partition coefficient (Wildman–Crippen LogP) is 2.41. The summed E-state index contributed by atoms with van der Waals surface area (Å²) in [4.78, 5) is -0.419. The lowest BCUT2D eigenvalue weighted by atomic mass is 9.78. The second kappa shape index (κ2) is 5.22. The molecule has 2 rings (SSSR count). The molecule has 0 aliphatic carbocycles. The molecule has 1 fully saturated rings. The molecule has 1 aromatic rings. The zero-order valence-electron chi connectivity index (χ0n) is 13.5. The van der Waals surface area contributed by atoms with Gasteiger partial charge in [0.2, 0.25) is 0 Å². The topological polar surface area (TPSA) is 52.6 Å². The summed E-state index contributed by atoms with van der Waals surface area (Å²) in [5, 5.41) is 0. The van der Waals surface area contributed by atoms with Crippen LogP contribution in [0, 0.1) is 0 Å². The molecule has 0 N–H and O–H groups in total. The predicted molar refractivity (Wildman–Crippen MR) is 80.3 cm³/mol. The molecule has 1 saturated heterocycles. The van der Waals surface area contributed by atoms with E-state index in [1.54, 1.807) is 27.7 Å². The van der Waals surface area contributed by atoms with Gasteiger partial charge in [-0.05, 0) is 45.3 Å². The van der Waals surface area contributed by atoms with Crippen molar-refractivity contribution in [3.8, 4) is 0 Å². The van der Waals surface area contributed by atoms with Crippen molar-refractivity contribution in [2.45, 2.75) is 50.0 Å².